The van der Waals surface area contributed by atoms with E-state index in [4.69, 9.17) is 5.26 Å². The van der Waals surface area contributed by atoms with Crippen LogP contribution in [-0.2, 0) is 0 Å². The molecule has 0 saturated carbocycles. The summed E-state index contributed by atoms with van der Waals surface area (Å²) in [6.07, 6.45) is 3.64. The van der Waals surface area contributed by atoms with Crippen molar-refractivity contribution in [3.05, 3.63) is 18.2 Å². The Labute approximate surface area is 104 Å². The summed E-state index contributed by atoms with van der Waals surface area (Å²) in [6.45, 7) is 9.64. The third-order valence-electron chi connectivity index (χ3n) is 3.56. The molecule has 2 heterocycles. The van der Waals surface area contributed by atoms with Crippen molar-refractivity contribution < 1.29 is 0 Å². The predicted octanol–water partition coefficient (Wildman–Crippen LogP) is 2.58. The molecule has 0 aliphatic carbocycles. The molecule has 0 atom stereocenters. The molecule has 1 aromatic rings. The van der Waals surface area contributed by atoms with Gasteiger partial charge in [-0.25, -0.2) is 9.97 Å². The molecule has 0 unspecified atom stereocenters. The van der Waals surface area contributed by atoms with Gasteiger partial charge in [-0.05, 0) is 12.1 Å². The van der Waals surface area contributed by atoms with Crippen molar-refractivity contribution in [2.75, 3.05) is 4.23 Å². The van der Waals surface area contributed by atoms with E-state index in [9.17, 15) is 0 Å². The van der Waals surface area contributed by atoms with Gasteiger partial charge in [-0.3, -0.25) is 0 Å². The summed E-state index contributed by atoms with van der Waals surface area (Å²) in [5.41, 5.74) is 1.12. The Balaban J connectivity index is 2.40. The first-order chi connectivity index (χ1) is 7.87. The average molecular weight is 262 g/mol. The first-order valence-corrected chi connectivity index (χ1v) is 12.2. The highest BCUT2D eigenvalue weighted by Gasteiger charge is 2.47. The highest BCUT2D eigenvalue weighted by molar-refractivity contribution is 7.04. The quantitative estimate of drug-likeness (QED) is 0.730. The van der Waals surface area contributed by atoms with Crippen LogP contribution in [0.25, 0.3) is 0 Å². The van der Waals surface area contributed by atoms with Gasteiger partial charge in [-0.2, -0.15) is 5.26 Å². The molecule has 1 fully saturated rings. The van der Waals surface area contributed by atoms with E-state index >= 15 is 0 Å². The van der Waals surface area contributed by atoms with Gasteiger partial charge >= 0.3 is 0 Å². The number of aromatic nitrogens is 2. The number of hydrogen-bond donors (Lipinski definition) is 0. The zero-order chi connectivity index (χ0) is 12.7. The molecule has 1 aliphatic rings. The normalized spacial score (nSPS) is 21.2. The van der Waals surface area contributed by atoms with Gasteiger partial charge in [0.25, 0.3) is 0 Å². The smallest absolute Gasteiger partial charge is 0.232 e. The van der Waals surface area contributed by atoms with Crippen LogP contribution in [0.3, 0.4) is 0 Å². The van der Waals surface area contributed by atoms with Gasteiger partial charge < -0.3 is 4.23 Å². The Hall–Kier alpha value is -1.20. The van der Waals surface area contributed by atoms with E-state index in [0.29, 0.717) is 0 Å². The molecular weight excluding hydrogens is 244 g/mol. The molecule has 90 valence electrons. The van der Waals surface area contributed by atoms with Crippen molar-refractivity contribution in [2.45, 2.75) is 38.3 Å². The molecule has 0 amide bonds. The monoisotopic (exact) mass is 262 g/mol. The zero-order valence-corrected chi connectivity index (χ0v) is 12.9. The molecule has 0 N–H and O–H groups in total. The van der Waals surface area contributed by atoms with Crippen molar-refractivity contribution in [2.24, 2.45) is 0 Å². The molecule has 2 rings (SSSR count). The third-order valence-corrected chi connectivity index (χ3v) is 13.6. The van der Waals surface area contributed by atoms with E-state index in [1.54, 1.807) is 0 Å². The Bertz CT molecular complexity index is 445. The molecule has 1 saturated heterocycles. The highest BCUT2D eigenvalue weighted by Crippen LogP contribution is 2.40. The maximum absolute atomic E-state index is 8.73. The number of nitrogens with zero attached hydrogens (tertiary/aromatic N) is 4. The molecule has 1 aliphatic heterocycles. The van der Waals surface area contributed by atoms with Gasteiger partial charge in [-0.1, -0.05) is 26.2 Å². The number of rotatable bonds is 1. The van der Waals surface area contributed by atoms with Gasteiger partial charge in [0.1, 0.15) is 22.5 Å². The molecule has 17 heavy (non-hydrogen) atoms. The lowest BCUT2D eigenvalue weighted by Crippen LogP contribution is -2.55. The minimum atomic E-state index is -1.34. The van der Waals surface area contributed by atoms with Gasteiger partial charge in [-0.15, -0.1) is 0 Å². The van der Waals surface area contributed by atoms with Crippen LogP contribution in [0.15, 0.2) is 12.4 Å². The summed E-state index contributed by atoms with van der Waals surface area (Å²) in [5, 5.41) is 8.73. The predicted molar refractivity (Wildman–Crippen MR) is 73.8 cm³/mol. The fourth-order valence-electron chi connectivity index (χ4n) is 2.85. The van der Waals surface area contributed by atoms with Crippen molar-refractivity contribution in [3.8, 4) is 6.07 Å². The maximum atomic E-state index is 8.73. The van der Waals surface area contributed by atoms with Crippen molar-refractivity contribution in [1.29, 1.82) is 5.26 Å². The molecule has 4 nitrogen and oxygen atoms in total. The minimum absolute atomic E-state index is 0.256. The van der Waals surface area contributed by atoms with Crippen LogP contribution in [-0.4, -0.2) is 26.4 Å². The van der Waals surface area contributed by atoms with Crippen molar-refractivity contribution in [3.63, 3.8) is 0 Å². The molecule has 0 spiro atoms. The van der Waals surface area contributed by atoms with Crippen LogP contribution in [0.1, 0.15) is 5.82 Å². The summed E-state index contributed by atoms with van der Waals surface area (Å²) in [4.78, 5) is 8.21. The summed E-state index contributed by atoms with van der Waals surface area (Å²) in [6, 6.07) is 4.67. The first kappa shape index (κ1) is 12.3. The van der Waals surface area contributed by atoms with E-state index in [0.717, 1.165) is 5.69 Å². The van der Waals surface area contributed by atoms with Crippen LogP contribution in [0, 0.1) is 11.3 Å². The fraction of sp³-hybridized carbons (Fsp3) is 0.545. The second-order valence-corrected chi connectivity index (χ2v) is 15.4. The van der Waals surface area contributed by atoms with Crippen LogP contribution >= 0.6 is 0 Å². The van der Waals surface area contributed by atoms with Crippen molar-refractivity contribution in [1.82, 2.24) is 9.97 Å². The number of hydrogen-bond acceptors (Lipinski definition) is 4. The zero-order valence-electron chi connectivity index (χ0n) is 10.9. The second-order valence-electron chi connectivity index (χ2n) is 5.84. The fourth-order valence-corrected chi connectivity index (χ4v) is 17.0. The summed E-state index contributed by atoms with van der Waals surface area (Å²) in [5.74, 6) is 0.256. The Morgan fingerprint density at radius 2 is 1.59 bits per heavy atom. The Morgan fingerprint density at radius 3 is 2.00 bits per heavy atom. The van der Waals surface area contributed by atoms with E-state index in [-0.39, 0.29) is 5.82 Å². The molecule has 0 bridgehead atoms. The van der Waals surface area contributed by atoms with Crippen LogP contribution < -0.4 is 4.23 Å². The third kappa shape index (κ3) is 2.12. The number of nitriles is 1. The van der Waals surface area contributed by atoms with E-state index in [1.165, 1.54) is 12.1 Å². The lowest BCUT2D eigenvalue weighted by atomic mass is 10.5. The van der Waals surface area contributed by atoms with E-state index < -0.39 is 16.5 Å². The lowest BCUT2D eigenvalue weighted by Gasteiger charge is -2.40. The van der Waals surface area contributed by atoms with Crippen LogP contribution in [0.5, 0.6) is 0 Å². The van der Waals surface area contributed by atoms with Crippen LogP contribution in [0.2, 0.25) is 38.3 Å². The largest absolute Gasteiger partial charge is 0.422 e. The topological polar surface area (TPSA) is 52.8 Å². The van der Waals surface area contributed by atoms with Gasteiger partial charge in [0.05, 0.1) is 18.1 Å². The van der Waals surface area contributed by atoms with Gasteiger partial charge in [0, 0.05) is 0 Å². The first-order valence-electron chi connectivity index (χ1n) is 5.89. The number of anilines is 1. The van der Waals surface area contributed by atoms with Crippen molar-refractivity contribution >= 4 is 22.2 Å². The molecular formula is C11H18N4Si2. The molecule has 0 radical (unpaired) electrons. The van der Waals surface area contributed by atoms with Gasteiger partial charge in [0.2, 0.25) is 5.82 Å². The van der Waals surface area contributed by atoms with E-state index in [2.05, 4.69) is 40.4 Å². The lowest BCUT2D eigenvalue weighted by molar-refractivity contribution is 1.10. The van der Waals surface area contributed by atoms with Gasteiger partial charge in [0.15, 0.2) is 0 Å². The SMILES string of the molecule is C[Si]1(C)CC[Si](C)(C)N1c1cnc(C#N)nc1. The highest BCUT2D eigenvalue weighted by atomic mass is 28.4. The maximum Gasteiger partial charge on any atom is 0.232 e. The second kappa shape index (κ2) is 3.93. The molecule has 1 aromatic heterocycles. The Morgan fingerprint density at radius 1 is 1.12 bits per heavy atom. The summed E-state index contributed by atoms with van der Waals surface area (Å²) < 4.78 is 2.64. The van der Waals surface area contributed by atoms with Crippen LogP contribution in [0.4, 0.5) is 5.69 Å². The summed E-state index contributed by atoms with van der Waals surface area (Å²) >= 11 is 0. The molecule has 0 aromatic carbocycles. The minimum Gasteiger partial charge on any atom is -0.422 e. The molecule has 6 heteroatoms. The summed E-state index contributed by atoms with van der Waals surface area (Å²) in [7, 11) is -2.68. The van der Waals surface area contributed by atoms with E-state index in [1.807, 2.05) is 18.5 Å². The Kier molecular flexibility index (Phi) is 2.83. The standard InChI is InChI=1S/C11H18N4Si2/c1-16(2)5-6-17(3,4)15(16)10-8-13-11(7-12)14-9-10/h8-9H,5-6H2,1-4H3. The average Bonchev–Trinajstić information content (AvgIpc) is 2.49.